The lowest BCUT2D eigenvalue weighted by molar-refractivity contribution is -0.435. The Morgan fingerprint density at radius 1 is 0.341 bits per heavy atom. The Labute approximate surface area is 500 Å². The van der Waals surface area contributed by atoms with Crippen LogP contribution in [-0.4, -0.2) is 215 Å². The van der Waals surface area contributed by atoms with Crippen LogP contribution in [0.3, 0.4) is 0 Å². The molecule has 0 aromatic heterocycles. The Hall–Kier alpha value is -0.210. The van der Waals surface area contributed by atoms with E-state index in [1.165, 1.54) is 6.92 Å². The third-order valence-electron chi connectivity index (χ3n) is 11.6. The van der Waals surface area contributed by atoms with Gasteiger partial charge in [0.15, 0.2) is 98.9 Å². The lowest BCUT2D eigenvalue weighted by atomic mass is 9.96. The van der Waals surface area contributed by atoms with Crippen molar-refractivity contribution in [1.82, 2.24) is 0 Å². The maximum Gasteiger partial charge on any atom is 0.397 e. The van der Waals surface area contributed by atoms with E-state index >= 15 is 0 Å². The highest BCUT2D eigenvalue weighted by molar-refractivity contribution is 7.90. The third kappa shape index (κ3) is 26.4. The van der Waals surface area contributed by atoms with Gasteiger partial charge in [0.25, 0.3) is 0 Å². The van der Waals surface area contributed by atoms with Gasteiger partial charge in [0.05, 0.1) is 24.4 Å². The Morgan fingerprint density at radius 3 is 0.882 bits per heavy atom. The average molecular weight is 1440 g/mol. The van der Waals surface area contributed by atoms with Crippen LogP contribution in [0, 0.1) is 0 Å². The highest BCUT2D eigenvalue weighted by atomic mass is 32.3. The molecule has 4 rings (SSSR count). The molecule has 0 aromatic carbocycles. The van der Waals surface area contributed by atoms with Crippen LogP contribution in [0.15, 0.2) is 0 Å². The molecular formula is C32H58O44S9. The third-order valence-corrected chi connectivity index (χ3v) is 15.6. The van der Waals surface area contributed by atoms with E-state index in [9.17, 15) is 64.9 Å². The highest BCUT2D eigenvalue weighted by Crippen LogP contribution is 2.42. The van der Waals surface area contributed by atoms with Crippen molar-refractivity contribution in [3.63, 3.8) is 0 Å². The van der Waals surface area contributed by atoms with E-state index in [2.05, 4.69) is 45.9 Å². The van der Waals surface area contributed by atoms with Gasteiger partial charge >= 0.3 is 52.0 Å². The largest absolute Gasteiger partial charge is 0.397 e. The van der Waals surface area contributed by atoms with E-state index in [0.717, 1.165) is 46.5 Å². The number of hydrogen-bond donors (Lipinski definition) is 9. The summed E-state index contributed by atoms with van der Waals surface area (Å²) in [5.41, 5.74) is 0. The molecule has 0 radical (unpaired) electrons. The molecule has 4 heterocycles. The lowest BCUT2D eigenvalue weighted by Crippen LogP contribution is -2.68. The first-order chi connectivity index (χ1) is 39.7. The van der Waals surface area contributed by atoms with Crippen molar-refractivity contribution in [2.75, 3.05) is 6.61 Å². The fourth-order valence-corrected chi connectivity index (χ4v) is 12.5. The van der Waals surface area contributed by atoms with E-state index in [1.54, 1.807) is 0 Å². The SMILES string of the molecule is CCCCCCCCO[C@@H]1OC(C)[C@H](OSOOO)[C@@H](O[C@@H]2OC(C)[C@H](OSOOO)[C@@H](O[C@@H]3OC(C)[C@H](OSOOO)[C@@H](O[C@@H]4OC(C)[C@H](OSOOO)[C@@H](OS(=O)(=O)O)C4OS(=O)(=O)O)C3OS(=O)(=O)O)C2OS(=O)(=O)O)C1OS(=O)(=O)O. The fourth-order valence-electron chi connectivity index (χ4n) is 8.41. The van der Waals surface area contributed by atoms with Crippen LogP contribution >= 0.6 is 49.3 Å². The molecule has 4 fully saturated rings. The van der Waals surface area contributed by atoms with Crippen LogP contribution in [0.1, 0.15) is 73.1 Å². The molecule has 0 aromatic rings. The molecule has 0 saturated carbocycles. The quantitative estimate of drug-likeness (QED) is 0.0135. The Bertz CT molecular complexity index is 2520. The van der Waals surface area contributed by atoms with Gasteiger partial charge in [-0.3, -0.25) is 39.5 Å². The van der Waals surface area contributed by atoms with Gasteiger partial charge < -0.3 is 37.9 Å². The summed E-state index contributed by atoms with van der Waals surface area (Å²) in [6.45, 7) is 6.17. The normalized spacial score (nSPS) is 34.6. The standard InChI is InChI=1S/C32H58O44S9/c1-6-7-8-9-10-11-12-52-29-25(65-82(40,41)42)21(17(13(2)53-29)60-77-73-69-33)57-30-26(66-83(43,44)45)22(18(14(3)54-30)61-78-74-70-34)58-31-27(67-84(46,47)48)23(19(15(4)55-31)62-79-75-71-35)59-32-28(68-85(49,50)51)24(64-81(37,38)39)20(16(5)56-32)63-80-76-72-36/h13-36H,6-12H2,1-5H3,(H,37,38,39)(H,40,41,42)(H,43,44,45)(H,46,47,48)(H,49,50,51)/t13?,14?,15?,16?,17-,18-,19-,20-,21+,22+,23+,24+,25?,26?,27?,28?,29+,30-,31-,32-/m0/s1. The maximum atomic E-state index is 12.9. The monoisotopic (exact) mass is 1430 g/mol. The van der Waals surface area contributed by atoms with Gasteiger partial charge in [0.2, 0.25) is 0 Å². The molecule has 0 bridgehead atoms. The average Bonchev–Trinajstić information content (AvgIpc) is 3.22. The zero-order valence-electron chi connectivity index (χ0n) is 43.5. The summed E-state index contributed by atoms with van der Waals surface area (Å²) >= 11 is -1.08. The molecular weight excluding hydrogens is 1380 g/mol. The zero-order chi connectivity index (χ0) is 63.5. The first kappa shape index (κ1) is 77.2. The topological polar surface area (TPSA) is 584 Å². The van der Waals surface area contributed by atoms with Crippen LogP contribution in [0.2, 0.25) is 0 Å². The first-order valence-corrected chi connectivity index (χ1v) is 32.9. The second kappa shape index (κ2) is 36.3. The number of hydrogen-bond acceptors (Lipinski definition) is 43. The van der Waals surface area contributed by atoms with E-state index in [-0.39, 0.29) is 55.9 Å². The highest BCUT2D eigenvalue weighted by Gasteiger charge is 2.60. The van der Waals surface area contributed by atoms with Gasteiger partial charge in [-0.2, -0.15) is 42.1 Å². The molecule has 20 atom stereocenters. The summed E-state index contributed by atoms with van der Waals surface area (Å²) in [4.78, 5) is 0. The molecule has 85 heavy (non-hydrogen) atoms. The van der Waals surface area contributed by atoms with Gasteiger partial charge in [-0.05, 0) is 34.1 Å². The molecule has 504 valence electrons. The molecule has 8 unspecified atom stereocenters. The first-order valence-electron chi connectivity index (χ1n) is 23.4. The number of ether oxygens (including phenoxy) is 8. The van der Waals surface area contributed by atoms with Gasteiger partial charge in [-0.1, -0.05) is 59.2 Å². The van der Waals surface area contributed by atoms with E-state index in [4.69, 9.17) is 88.2 Å². The van der Waals surface area contributed by atoms with Crippen molar-refractivity contribution in [1.29, 1.82) is 0 Å². The van der Waals surface area contributed by atoms with Crippen molar-refractivity contribution in [3.05, 3.63) is 0 Å². The van der Waals surface area contributed by atoms with Gasteiger partial charge in [-0.25, -0.2) is 41.9 Å². The summed E-state index contributed by atoms with van der Waals surface area (Å²) in [6, 6.07) is 0. The Morgan fingerprint density at radius 2 is 0.588 bits per heavy atom. The molecule has 4 aliphatic heterocycles. The number of unbranched alkanes of at least 4 members (excludes halogenated alkanes) is 5. The molecule has 4 aliphatic rings. The second-order valence-electron chi connectivity index (χ2n) is 17.3. The second-order valence-corrected chi connectivity index (χ2v) is 24.4. The van der Waals surface area contributed by atoms with Crippen molar-refractivity contribution in [2.24, 2.45) is 0 Å². The summed E-state index contributed by atoms with van der Waals surface area (Å²) < 4.78 is 286. The summed E-state index contributed by atoms with van der Waals surface area (Å²) in [5, 5.41) is 49.3. The molecule has 4 saturated heterocycles. The van der Waals surface area contributed by atoms with Gasteiger partial charge in [-0.15, -0.1) is 17.3 Å². The van der Waals surface area contributed by atoms with Gasteiger partial charge in [0.1, 0.15) is 48.8 Å². The van der Waals surface area contributed by atoms with E-state index in [1.807, 2.05) is 6.92 Å². The van der Waals surface area contributed by atoms with Gasteiger partial charge in [0, 0.05) is 6.61 Å². The minimum atomic E-state index is -6.01. The molecule has 0 aliphatic carbocycles. The van der Waals surface area contributed by atoms with Crippen molar-refractivity contribution in [3.8, 4) is 0 Å². The van der Waals surface area contributed by atoms with Crippen molar-refractivity contribution in [2.45, 2.75) is 196 Å². The molecule has 9 N–H and O–H groups in total. The lowest BCUT2D eigenvalue weighted by Gasteiger charge is -2.50. The maximum absolute atomic E-state index is 12.9. The minimum absolute atomic E-state index is 0.161. The van der Waals surface area contributed by atoms with E-state index < -0.39 is 175 Å². The van der Waals surface area contributed by atoms with Crippen molar-refractivity contribution >= 4 is 101 Å². The summed E-state index contributed by atoms with van der Waals surface area (Å²) in [7, 11) is -29.3. The predicted molar refractivity (Wildman–Crippen MR) is 262 cm³/mol. The van der Waals surface area contributed by atoms with Crippen LogP contribution < -0.4 is 0 Å². The molecule has 0 amide bonds. The number of rotatable bonds is 40. The van der Waals surface area contributed by atoms with Crippen LogP contribution in [0.4, 0.5) is 0 Å². The Balaban J connectivity index is 1.94. The van der Waals surface area contributed by atoms with E-state index in [0.29, 0.717) is 12.8 Å². The summed E-state index contributed by atoms with van der Waals surface area (Å²) in [6.07, 6.45) is -40.7. The van der Waals surface area contributed by atoms with Crippen LogP contribution in [0.5, 0.6) is 0 Å². The van der Waals surface area contributed by atoms with Crippen LogP contribution in [0.25, 0.3) is 0 Å². The van der Waals surface area contributed by atoms with Crippen LogP contribution in [-0.2, 0) is 165 Å². The summed E-state index contributed by atoms with van der Waals surface area (Å²) in [5.74, 6) is 0. The molecule has 53 heteroatoms. The molecule has 44 nitrogen and oxygen atoms in total. The Kier molecular flexibility index (Phi) is 33.0. The van der Waals surface area contributed by atoms with Crippen molar-refractivity contribution < 1.29 is 199 Å². The molecule has 0 spiro atoms. The fraction of sp³-hybridized carbons (Fsp3) is 1.00. The predicted octanol–water partition coefficient (Wildman–Crippen LogP) is 0.917. The minimum Gasteiger partial charge on any atom is -0.350 e. The smallest absolute Gasteiger partial charge is 0.350 e. The zero-order valence-corrected chi connectivity index (χ0v) is 50.8.